The van der Waals surface area contributed by atoms with Gasteiger partial charge in [-0.1, -0.05) is 25.1 Å². The lowest BCUT2D eigenvalue weighted by Gasteiger charge is -2.09. The molecule has 2 aromatic rings. The predicted octanol–water partition coefficient (Wildman–Crippen LogP) is 3.36. The first-order valence-electron chi connectivity index (χ1n) is 7.12. The number of carbonyl (C=O) groups excluding carboxylic acids is 1. The summed E-state index contributed by atoms with van der Waals surface area (Å²) < 4.78 is 1.32. The van der Waals surface area contributed by atoms with Crippen molar-refractivity contribution in [2.75, 3.05) is 13.1 Å². The molecule has 3 N–H and O–H groups in total. The van der Waals surface area contributed by atoms with Crippen LogP contribution in [-0.4, -0.2) is 19.0 Å². The summed E-state index contributed by atoms with van der Waals surface area (Å²) in [6.07, 6.45) is 2.44. The predicted molar refractivity (Wildman–Crippen MR) is 93.2 cm³/mol. The minimum Gasteiger partial charge on any atom is -0.356 e. The van der Waals surface area contributed by atoms with Crippen LogP contribution in [0.4, 0.5) is 0 Å². The number of carbonyl (C=O) groups is 1. The van der Waals surface area contributed by atoms with Crippen molar-refractivity contribution in [2.45, 2.75) is 26.2 Å². The topological polar surface area (TPSA) is 55.1 Å². The van der Waals surface area contributed by atoms with E-state index in [0.29, 0.717) is 25.4 Å². The third kappa shape index (κ3) is 5.30. The molecule has 0 aliphatic carbocycles. The van der Waals surface area contributed by atoms with Crippen molar-refractivity contribution < 1.29 is 4.79 Å². The smallest absolute Gasteiger partial charge is 0.220 e. The SMILES string of the molecule is CC(CN)CNC(=O)CCCc1csc2ccccc12.Cl. The van der Waals surface area contributed by atoms with Gasteiger partial charge in [-0.15, -0.1) is 23.7 Å². The minimum absolute atomic E-state index is 0. The van der Waals surface area contributed by atoms with Crippen LogP contribution in [-0.2, 0) is 11.2 Å². The van der Waals surface area contributed by atoms with Gasteiger partial charge in [0.25, 0.3) is 0 Å². The fourth-order valence-electron chi connectivity index (χ4n) is 2.13. The van der Waals surface area contributed by atoms with Gasteiger partial charge in [0, 0.05) is 17.7 Å². The molecule has 21 heavy (non-hydrogen) atoms. The van der Waals surface area contributed by atoms with Gasteiger partial charge in [0.15, 0.2) is 0 Å². The molecule has 0 aliphatic heterocycles. The second-order valence-corrected chi connectivity index (χ2v) is 6.17. The number of nitrogens with one attached hydrogen (secondary N) is 1. The molecule has 0 radical (unpaired) electrons. The highest BCUT2D eigenvalue weighted by atomic mass is 35.5. The second kappa shape index (κ2) is 9.03. The molecule has 0 bridgehead atoms. The molecule has 0 fully saturated rings. The van der Waals surface area contributed by atoms with Crippen LogP contribution >= 0.6 is 23.7 Å². The van der Waals surface area contributed by atoms with Crippen LogP contribution in [0.2, 0.25) is 0 Å². The number of amides is 1. The summed E-state index contributed by atoms with van der Waals surface area (Å²) in [6.45, 7) is 3.33. The molecule has 2 rings (SSSR count). The number of fused-ring (bicyclic) bond motifs is 1. The van der Waals surface area contributed by atoms with E-state index in [0.717, 1.165) is 12.8 Å². The Hall–Kier alpha value is -1.10. The maximum absolute atomic E-state index is 11.7. The quantitative estimate of drug-likeness (QED) is 0.819. The third-order valence-corrected chi connectivity index (χ3v) is 4.47. The molecule has 1 amide bonds. The first-order chi connectivity index (χ1) is 9.70. The molecular formula is C16H23ClN2OS. The third-order valence-electron chi connectivity index (χ3n) is 3.46. The molecule has 1 aromatic carbocycles. The first-order valence-corrected chi connectivity index (χ1v) is 8.00. The van der Waals surface area contributed by atoms with E-state index in [9.17, 15) is 4.79 Å². The first kappa shape index (κ1) is 18.0. The van der Waals surface area contributed by atoms with E-state index in [1.165, 1.54) is 15.6 Å². The van der Waals surface area contributed by atoms with Crippen molar-refractivity contribution in [3.63, 3.8) is 0 Å². The van der Waals surface area contributed by atoms with E-state index in [2.05, 4.69) is 35.0 Å². The average Bonchev–Trinajstić information content (AvgIpc) is 2.88. The Bertz CT molecular complexity index is 570. The highest BCUT2D eigenvalue weighted by Crippen LogP contribution is 2.26. The summed E-state index contributed by atoms with van der Waals surface area (Å²) in [6, 6.07) is 8.43. The van der Waals surface area contributed by atoms with E-state index < -0.39 is 0 Å². The number of hydrogen-bond donors (Lipinski definition) is 2. The molecule has 1 atom stereocenters. The summed E-state index contributed by atoms with van der Waals surface area (Å²) in [4.78, 5) is 11.7. The molecule has 0 aliphatic rings. The standard InChI is InChI=1S/C16H22N2OS.ClH/c1-12(9-17)10-18-16(19)8-4-5-13-11-20-15-7-3-2-6-14(13)15;/h2-3,6-7,11-12H,4-5,8-10,17H2,1H3,(H,18,19);1H. The van der Waals surface area contributed by atoms with Gasteiger partial charge in [0.05, 0.1) is 0 Å². The molecule has 0 spiro atoms. The number of hydrogen-bond acceptors (Lipinski definition) is 3. The zero-order valence-electron chi connectivity index (χ0n) is 12.3. The highest BCUT2D eigenvalue weighted by molar-refractivity contribution is 7.17. The molecule has 5 heteroatoms. The average molecular weight is 327 g/mol. The summed E-state index contributed by atoms with van der Waals surface area (Å²) in [5.41, 5.74) is 6.88. The zero-order valence-corrected chi connectivity index (χ0v) is 13.9. The van der Waals surface area contributed by atoms with E-state index in [1.807, 2.05) is 6.92 Å². The monoisotopic (exact) mass is 326 g/mol. The fraction of sp³-hybridized carbons (Fsp3) is 0.438. The van der Waals surface area contributed by atoms with Crippen LogP contribution in [0.5, 0.6) is 0 Å². The van der Waals surface area contributed by atoms with Crippen molar-refractivity contribution in [3.8, 4) is 0 Å². The molecule has 1 heterocycles. The lowest BCUT2D eigenvalue weighted by Crippen LogP contribution is -2.31. The lowest BCUT2D eigenvalue weighted by atomic mass is 10.1. The molecule has 0 saturated heterocycles. The summed E-state index contributed by atoms with van der Waals surface area (Å²) in [5, 5.41) is 6.47. The molecule has 3 nitrogen and oxygen atoms in total. The Morgan fingerprint density at radius 2 is 2.14 bits per heavy atom. The lowest BCUT2D eigenvalue weighted by molar-refractivity contribution is -0.121. The van der Waals surface area contributed by atoms with E-state index in [-0.39, 0.29) is 18.3 Å². The molecule has 116 valence electrons. The Morgan fingerprint density at radius 3 is 2.90 bits per heavy atom. The van der Waals surface area contributed by atoms with Gasteiger partial charge in [-0.2, -0.15) is 0 Å². The van der Waals surface area contributed by atoms with Crippen LogP contribution in [0.3, 0.4) is 0 Å². The van der Waals surface area contributed by atoms with Crippen LogP contribution in [0.15, 0.2) is 29.6 Å². The fourth-order valence-corrected chi connectivity index (χ4v) is 3.12. The van der Waals surface area contributed by atoms with Crippen molar-refractivity contribution >= 4 is 39.7 Å². The summed E-state index contributed by atoms with van der Waals surface area (Å²) in [5.74, 6) is 0.476. The molecule has 1 unspecified atom stereocenters. The normalized spacial score (nSPS) is 11.9. The maximum Gasteiger partial charge on any atom is 0.220 e. The number of benzene rings is 1. The van der Waals surface area contributed by atoms with Crippen molar-refractivity contribution in [1.29, 1.82) is 0 Å². The van der Waals surface area contributed by atoms with Crippen molar-refractivity contribution in [3.05, 3.63) is 35.2 Å². The van der Waals surface area contributed by atoms with E-state index in [4.69, 9.17) is 5.73 Å². The van der Waals surface area contributed by atoms with Gasteiger partial charge in [0.2, 0.25) is 5.91 Å². The van der Waals surface area contributed by atoms with Crippen molar-refractivity contribution in [1.82, 2.24) is 5.32 Å². The van der Waals surface area contributed by atoms with E-state index in [1.54, 1.807) is 11.3 Å². The number of nitrogens with two attached hydrogens (primary N) is 1. The van der Waals surface area contributed by atoms with Gasteiger partial charge < -0.3 is 11.1 Å². The second-order valence-electron chi connectivity index (χ2n) is 5.26. The van der Waals surface area contributed by atoms with Gasteiger partial charge in [0.1, 0.15) is 0 Å². The number of aryl methyl sites for hydroxylation is 1. The zero-order chi connectivity index (χ0) is 14.4. The highest BCUT2D eigenvalue weighted by Gasteiger charge is 2.06. The Kier molecular flexibility index (Phi) is 7.72. The number of rotatable bonds is 7. The van der Waals surface area contributed by atoms with Gasteiger partial charge >= 0.3 is 0 Å². The maximum atomic E-state index is 11.7. The van der Waals surface area contributed by atoms with Crippen LogP contribution in [0, 0.1) is 5.92 Å². The molecule has 1 aromatic heterocycles. The Balaban J connectivity index is 0.00000220. The van der Waals surface area contributed by atoms with Crippen LogP contribution < -0.4 is 11.1 Å². The molecular weight excluding hydrogens is 304 g/mol. The Morgan fingerprint density at radius 1 is 1.38 bits per heavy atom. The summed E-state index contributed by atoms with van der Waals surface area (Å²) in [7, 11) is 0. The van der Waals surface area contributed by atoms with Gasteiger partial charge in [-0.3, -0.25) is 4.79 Å². The van der Waals surface area contributed by atoms with Crippen LogP contribution in [0.1, 0.15) is 25.3 Å². The van der Waals surface area contributed by atoms with Gasteiger partial charge in [-0.05, 0) is 47.7 Å². The number of halogens is 1. The minimum atomic E-state index is 0. The van der Waals surface area contributed by atoms with E-state index >= 15 is 0 Å². The van der Waals surface area contributed by atoms with Gasteiger partial charge in [-0.25, -0.2) is 0 Å². The van der Waals surface area contributed by atoms with Crippen LogP contribution in [0.25, 0.3) is 10.1 Å². The Labute approximate surface area is 136 Å². The largest absolute Gasteiger partial charge is 0.356 e. The number of thiophene rings is 1. The summed E-state index contributed by atoms with van der Waals surface area (Å²) >= 11 is 1.78. The molecule has 0 saturated carbocycles. The van der Waals surface area contributed by atoms with Crippen molar-refractivity contribution in [2.24, 2.45) is 11.7 Å².